The third-order valence-electron chi connectivity index (χ3n) is 5.37. The lowest BCUT2D eigenvalue weighted by atomic mass is 9.75. The van der Waals surface area contributed by atoms with Crippen LogP contribution in [0.1, 0.15) is 17.0 Å². The molecule has 1 aliphatic heterocycles. The molecule has 3 unspecified atom stereocenters. The molecule has 3 nitrogen and oxygen atoms in total. The van der Waals surface area contributed by atoms with Gasteiger partial charge in [-0.05, 0) is 31.8 Å². The summed E-state index contributed by atoms with van der Waals surface area (Å²) in [5, 5.41) is 0. The highest BCUT2D eigenvalue weighted by Gasteiger charge is 2.36. The van der Waals surface area contributed by atoms with E-state index in [1.807, 2.05) is 0 Å². The van der Waals surface area contributed by atoms with E-state index < -0.39 is 0 Å². The van der Waals surface area contributed by atoms with Crippen molar-refractivity contribution in [2.45, 2.75) is 12.0 Å². The van der Waals surface area contributed by atoms with Crippen LogP contribution in [0.3, 0.4) is 0 Å². The quantitative estimate of drug-likeness (QED) is 0.772. The van der Waals surface area contributed by atoms with Crippen molar-refractivity contribution >= 4 is 5.69 Å². The molecule has 4 rings (SSSR count). The molecule has 1 heterocycles. The second-order valence-electron chi connectivity index (χ2n) is 7.54. The summed E-state index contributed by atoms with van der Waals surface area (Å²) < 4.78 is 6.42. The van der Waals surface area contributed by atoms with Gasteiger partial charge in [0.1, 0.15) is 11.5 Å². The number of anilines is 1. The van der Waals surface area contributed by atoms with Crippen molar-refractivity contribution in [1.29, 1.82) is 0 Å². The Hall–Kier alpha value is -2.52. The summed E-state index contributed by atoms with van der Waals surface area (Å²) in [5.41, 5.74) is 3.75. The van der Waals surface area contributed by atoms with E-state index in [-0.39, 0.29) is 17.9 Å². The Morgan fingerprint density at radius 2 is 1.65 bits per heavy atom. The normalized spacial score (nSPS) is 23.7. The zero-order valence-corrected chi connectivity index (χ0v) is 15.9. The Morgan fingerprint density at radius 3 is 2.35 bits per heavy atom. The summed E-state index contributed by atoms with van der Waals surface area (Å²) in [5.74, 6) is 2.55. The highest BCUT2D eigenvalue weighted by molar-refractivity contribution is 5.58. The molecule has 26 heavy (non-hydrogen) atoms. The lowest BCUT2D eigenvalue weighted by molar-refractivity contribution is 0.300. The molecule has 2 aromatic carbocycles. The van der Waals surface area contributed by atoms with Gasteiger partial charge in [-0.3, -0.25) is 4.90 Å². The number of ether oxygens (including phenoxy) is 1. The van der Waals surface area contributed by atoms with Gasteiger partial charge in [-0.25, -0.2) is 0 Å². The van der Waals surface area contributed by atoms with Crippen molar-refractivity contribution in [3.8, 4) is 5.75 Å². The molecule has 0 amide bonds. The van der Waals surface area contributed by atoms with E-state index >= 15 is 0 Å². The van der Waals surface area contributed by atoms with E-state index in [0.29, 0.717) is 0 Å². The highest BCUT2D eigenvalue weighted by Crippen LogP contribution is 2.48. The van der Waals surface area contributed by atoms with Crippen molar-refractivity contribution in [2.24, 2.45) is 5.92 Å². The molecule has 2 aliphatic rings. The van der Waals surface area contributed by atoms with Gasteiger partial charge in [0, 0.05) is 49.3 Å². The maximum Gasteiger partial charge on any atom is 0.132 e. The second-order valence-corrected chi connectivity index (χ2v) is 7.54. The molecule has 3 atom stereocenters. The molecule has 0 radical (unpaired) electrons. The third-order valence-corrected chi connectivity index (χ3v) is 5.37. The Kier molecular flexibility index (Phi) is 4.33. The standard InChI is InChI=1S/C23H26N2O/c1-24(2)17-10-12-19-21(14-17)26-22-15-18(25(3)4)11-13-20(22)23(19)16-8-6-5-7-9-16/h5-15,17,19,23H,1-4H3. The molecule has 0 saturated carbocycles. The van der Waals surface area contributed by atoms with Crippen LogP contribution >= 0.6 is 0 Å². The molecule has 2 aromatic rings. The van der Waals surface area contributed by atoms with E-state index in [2.05, 4.69) is 105 Å². The Labute approximate surface area is 156 Å². The predicted octanol–water partition coefficient (Wildman–Crippen LogP) is 4.28. The molecule has 0 spiro atoms. The van der Waals surface area contributed by atoms with Gasteiger partial charge in [-0.2, -0.15) is 0 Å². The van der Waals surface area contributed by atoms with Gasteiger partial charge >= 0.3 is 0 Å². The van der Waals surface area contributed by atoms with Crippen LogP contribution < -0.4 is 9.64 Å². The number of fused-ring (bicyclic) bond motifs is 2. The zero-order chi connectivity index (χ0) is 18.3. The van der Waals surface area contributed by atoms with Gasteiger partial charge in [0.15, 0.2) is 0 Å². The van der Waals surface area contributed by atoms with Crippen molar-refractivity contribution in [3.63, 3.8) is 0 Å². The fourth-order valence-electron chi connectivity index (χ4n) is 3.88. The van der Waals surface area contributed by atoms with Gasteiger partial charge < -0.3 is 9.64 Å². The molecule has 134 valence electrons. The largest absolute Gasteiger partial charge is 0.461 e. The SMILES string of the molecule is CN(C)c1ccc2c(c1)OC1=CC(N(C)C)C=CC1C2c1ccccc1. The first kappa shape index (κ1) is 16.9. The number of hydrogen-bond acceptors (Lipinski definition) is 3. The highest BCUT2D eigenvalue weighted by atomic mass is 16.5. The zero-order valence-electron chi connectivity index (χ0n) is 15.9. The third kappa shape index (κ3) is 2.93. The van der Waals surface area contributed by atoms with Crippen molar-refractivity contribution in [3.05, 3.63) is 83.6 Å². The van der Waals surface area contributed by atoms with Crippen LogP contribution in [-0.2, 0) is 0 Å². The minimum Gasteiger partial charge on any atom is -0.461 e. The van der Waals surface area contributed by atoms with E-state index in [0.717, 1.165) is 17.2 Å². The lowest BCUT2D eigenvalue weighted by Crippen LogP contribution is -2.32. The summed E-state index contributed by atoms with van der Waals surface area (Å²) in [7, 11) is 8.32. The van der Waals surface area contributed by atoms with Gasteiger partial charge in [-0.1, -0.05) is 48.6 Å². The van der Waals surface area contributed by atoms with Crippen LogP contribution in [-0.4, -0.2) is 39.1 Å². The fourth-order valence-corrected chi connectivity index (χ4v) is 3.88. The molecule has 0 saturated heterocycles. The summed E-state index contributed by atoms with van der Waals surface area (Å²) in [6.07, 6.45) is 6.86. The van der Waals surface area contributed by atoms with Crippen LogP contribution in [0.5, 0.6) is 5.75 Å². The van der Waals surface area contributed by atoms with Crippen LogP contribution in [0.25, 0.3) is 0 Å². The molecule has 1 aliphatic carbocycles. The average molecular weight is 346 g/mol. The average Bonchev–Trinajstić information content (AvgIpc) is 2.65. The second kappa shape index (κ2) is 6.65. The first-order chi connectivity index (χ1) is 12.5. The van der Waals surface area contributed by atoms with Gasteiger partial charge in [0.2, 0.25) is 0 Å². The van der Waals surface area contributed by atoms with Crippen LogP contribution in [0, 0.1) is 5.92 Å². The molecule has 0 bridgehead atoms. The first-order valence-corrected chi connectivity index (χ1v) is 9.15. The summed E-state index contributed by atoms with van der Waals surface area (Å²) in [6, 6.07) is 17.6. The summed E-state index contributed by atoms with van der Waals surface area (Å²) >= 11 is 0. The van der Waals surface area contributed by atoms with Crippen molar-refractivity contribution < 1.29 is 4.74 Å². The summed E-state index contributed by atoms with van der Waals surface area (Å²) in [4.78, 5) is 4.32. The molecule has 0 fully saturated rings. The van der Waals surface area contributed by atoms with Crippen molar-refractivity contribution in [2.75, 3.05) is 33.1 Å². The maximum atomic E-state index is 6.42. The summed E-state index contributed by atoms with van der Waals surface area (Å²) in [6.45, 7) is 0. The minimum absolute atomic E-state index is 0.242. The maximum absolute atomic E-state index is 6.42. The number of hydrogen-bond donors (Lipinski definition) is 0. The number of benzene rings is 2. The van der Waals surface area contributed by atoms with Gasteiger partial charge in [0.25, 0.3) is 0 Å². The molecule has 0 aromatic heterocycles. The number of nitrogens with zero attached hydrogens (tertiary/aromatic N) is 2. The Bertz CT molecular complexity index is 852. The minimum atomic E-state index is 0.242. The number of allylic oxidation sites excluding steroid dienone is 1. The fraction of sp³-hybridized carbons (Fsp3) is 0.304. The molecular formula is C23H26N2O. The number of rotatable bonds is 3. The van der Waals surface area contributed by atoms with Gasteiger partial charge in [0.05, 0.1) is 0 Å². The molecule has 0 N–H and O–H groups in total. The van der Waals surface area contributed by atoms with Crippen LogP contribution in [0.4, 0.5) is 5.69 Å². The van der Waals surface area contributed by atoms with Gasteiger partial charge in [-0.15, -0.1) is 0 Å². The van der Waals surface area contributed by atoms with E-state index in [1.165, 1.54) is 11.1 Å². The van der Waals surface area contributed by atoms with E-state index in [1.54, 1.807) is 0 Å². The molecule has 3 heteroatoms. The lowest BCUT2D eigenvalue weighted by Gasteiger charge is -2.37. The van der Waals surface area contributed by atoms with Crippen LogP contribution in [0.15, 0.2) is 72.5 Å². The van der Waals surface area contributed by atoms with E-state index in [9.17, 15) is 0 Å². The molecular weight excluding hydrogens is 320 g/mol. The van der Waals surface area contributed by atoms with Crippen LogP contribution in [0.2, 0.25) is 0 Å². The Morgan fingerprint density at radius 1 is 0.885 bits per heavy atom. The van der Waals surface area contributed by atoms with E-state index in [4.69, 9.17) is 4.74 Å². The van der Waals surface area contributed by atoms with Crippen molar-refractivity contribution in [1.82, 2.24) is 4.90 Å². The Balaban J connectivity index is 1.85. The number of likely N-dealkylation sites (N-methyl/N-ethyl adjacent to an activating group) is 1. The monoisotopic (exact) mass is 346 g/mol. The first-order valence-electron chi connectivity index (χ1n) is 9.15. The predicted molar refractivity (Wildman–Crippen MR) is 108 cm³/mol. The topological polar surface area (TPSA) is 15.7 Å². The smallest absolute Gasteiger partial charge is 0.132 e.